The van der Waals surface area contributed by atoms with Crippen molar-refractivity contribution in [2.45, 2.75) is 19.9 Å². The topological polar surface area (TPSA) is 75.4 Å². The van der Waals surface area contributed by atoms with Gasteiger partial charge in [-0.3, -0.25) is 4.79 Å². The third-order valence-electron chi connectivity index (χ3n) is 3.36. The van der Waals surface area contributed by atoms with Crippen molar-refractivity contribution in [2.24, 2.45) is 0 Å². The van der Waals surface area contributed by atoms with Crippen LogP contribution in [0.4, 0.5) is 10.1 Å². The molecule has 1 unspecified atom stereocenters. The minimum atomic E-state index is -0.465. The normalized spacial score (nSPS) is 12.0. The van der Waals surface area contributed by atoms with Crippen LogP contribution in [0.15, 0.2) is 36.4 Å². The molecule has 0 bridgehead atoms. The van der Waals surface area contributed by atoms with Crippen molar-refractivity contribution >= 4 is 11.6 Å². The lowest BCUT2D eigenvalue weighted by Crippen LogP contribution is -2.26. The number of carbonyl (C=O) groups excluding carboxylic acids is 1. The number of phenolic OH excluding ortho intramolecular Hbond substituents is 1. The van der Waals surface area contributed by atoms with Crippen molar-refractivity contribution in [3.8, 4) is 5.75 Å². The van der Waals surface area contributed by atoms with E-state index in [0.717, 1.165) is 0 Å². The highest BCUT2D eigenvalue weighted by Gasteiger charge is 2.16. The number of nitrogens with two attached hydrogens (primary N) is 1. The van der Waals surface area contributed by atoms with Crippen LogP contribution in [-0.4, -0.2) is 11.0 Å². The summed E-state index contributed by atoms with van der Waals surface area (Å²) in [4.78, 5) is 12.1. The molecular weight excluding hydrogens is 271 g/mol. The number of aromatic hydroxyl groups is 1. The molecule has 0 saturated heterocycles. The van der Waals surface area contributed by atoms with Gasteiger partial charge in [-0.2, -0.15) is 0 Å². The molecule has 2 aromatic rings. The molecule has 4 nitrogen and oxygen atoms in total. The molecule has 0 fully saturated rings. The van der Waals surface area contributed by atoms with Crippen LogP contribution in [0, 0.1) is 12.7 Å². The first-order valence-corrected chi connectivity index (χ1v) is 6.54. The van der Waals surface area contributed by atoms with Gasteiger partial charge in [0.05, 0.1) is 17.3 Å². The number of anilines is 1. The van der Waals surface area contributed by atoms with Crippen LogP contribution in [-0.2, 0) is 0 Å². The number of phenols is 1. The number of carbonyl (C=O) groups is 1. The predicted molar refractivity (Wildman–Crippen MR) is 79.5 cm³/mol. The van der Waals surface area contributed by atoms with Crippen LogP contribution in [0.2, 0.25) is 0 Å². The van der Waals surface area contributed by atoms with Gasteiger partial charge in [-0.05, 0) is 43.2 Å². The number of nitrogens with one attached hydrogen (secondary N) is 1. The molecule has 21 heavy (non-hydrogen) atoms. The van der Waals surface area contributed by atoms with E-state index in [-0.39, 0.29) is 22.8 Å². The Balaban J connectivity index is 2.18. The number of aryl methyl sites for hydroxylation is 1. The molecule has 2 aromatic carbocycles. The molecule has 0 spiro atoms. The monoisotopic (exact) mass is 288 g/mol. The summed E-state index contributed by atoms with van der Waals surface area (Å²) < 4.78 is 13.5. The highest BCUT2D eigenvalue weighted by atomic mass is 19.1. The van der Waals surface area contributed by atoms with E-state index in [2.05, 4.69) is 5.32 Å². The largest absolute Gasteiger partial charge is 0.505 e. The second-order valence-corrected chi connectivity index (χ2v) is 4.95. The van der Waals surface area contributed by atoms with Gasteiger partial charge in [0.25, 0.3) is 5.91 Å². The summed E-state index contributed by atoms with van der Waals surface area (Å²) in [5.41, 5.74) is 6.98. The third kappa shape index (κ3) is 3.13. The average molecular weight is 288 g/mol. The van der Waals surface area contributed by atoms with E-state index in [4.69, 9.17) is 5.73 Å². The summed E-state index contributed by atoms with van der Waals surface area (Å²) >= 11 is 0. The summed E-state index contributed by atoms with van der Waals surface area (Å²) in [7, 11) is 0. The van der Waals surface area contributed by atoms with Crippen molar-refractivity contribution in [3.05, 3.63) is 58.9 Å². The van der Waals surface area contributed by atoms with Gasteiger partial charge in [-0.15, -0.1) is 0 Å². The molecule has 0 aromatic heterocycles. The van der Waals surface area contributed by atoms with E-state index in [1.165, 1.54) is 18.2 Å². The lowest BCUT2D eigenvalue weighted by atomic mass is 10.1. The molecule has 5 heteroatoms. The van der Waals surface area contributed by atoms with Crippen LogP contribution in [0.1, 0.15) is 34.5 Å². The highest BCUT2D eigenvalue weighted by molar-refractivity contribution is 5.98. The number of benzene rings is 2. The first-order chi connectivity index (χ1) is 9.90. The summed E-state index contributed by atoms with van der Waals surface area (Å²) in [5.74, 6) is -1.04. The molecular formula is C16H17FN2O2. The Morgan fingerprint density at radius 3 is 2.71 bits per heavy atom. The molecule has 0 aliphatic rings. The van der Waals surface area contributed by atoms with Crippen LogP contribution < -0.4 is 11.1 Å². The number of para-hydroxylation sites is 1. The van der Waals surface area contributed by atoms with Crippen molar-refractivity contribution in [2.75, 3.05) is 5.73 Å². The molecule has 0 heterocycles. The van der Waals surface area contributed by atoms with E-state index >= 15 is 0 Å². The molecule has 110 valence electrons. The van der Waals surface area contributed by atoms with Crippen LogP contribution in [0.25, 0.3) is 0 Å². The Hall–Kier alpha value is -2.56. The maximum atomic E-state index is 13.5. The Labute approximate surface area is 122 Å². The van der Waals surface area contributed by atoms with E-state index in [1.54, 1.807) is 32.0 Å². The zero-order chi connectivity index (χ0) is 15.6. The van der Waals surface area contributed by atoms with Crippen LogP contribution >= 0.6 is 0 Å². The summed E-state index contributed by atoms with van der Waals surface area (Å²) in [5, 5.41) is 12.5. The maximum absolute atomic E-state index is 13.5. The minimum absolute atomic E-state index is 0.0921. The maximum Gasteiger partial charge on any atom is 0.255 e. The Morgan fingerprint density at radius 1 is 1.33 bits per heavy atom. The summed E-state index contributed by atoms with van der Waals surface area (Å²) in [6.45, 7) is 3.42. The first kappa shape index (κ1) is 14.8. The van der Waals surface area contributed by atoms with Gasteiger partial charge in [0.1, 0.15) is 5.82 Å². The molecule has 0 aliphatic carbocycles. The zero-order valence-corrected chi connectivity index (χ0v) is 11.9. The molecule has 0 radical (unpaired) electrons. The molecule has 1 amide bonds. The number of rotatable bonds is 3. The minimum Gasteiger partial charge on any atom is -0.505 e. The standard InChI is InChI=1S/C16H17FN2O2/c1-9-6-7-11(8-13(9)17)10(2)19-16(21)12-4-3-5-14(18)15(12)20/h3-8,10,20H,18H2,1-2H3,(H,19,21). The smallest absolute Gasteiger partial charge is 0.255 e. The van der Waals surface area contributed by atoms with Crippen molar-refractivity contribution in [3.63, 3.8) is 0 Å². The van der Waals surface area contributed by atoms with Gasteiger partial charge in [0.15, 0.2) is 5.75 Å². The van der Waals surface area contributed by atoms with Crippen molar-refractivity contribution < 1.29 is 14.3 Å². The fraction of sp³-hybridized carbons (Fsp3) is 0.188. The molecule has 0 aliphatic heterocycles. The number of amides is 1. The van der Waals surface area contributed by atoms with Gasteiger partial charge in [-0.1, -0.05) is 18.2 Å². The summed E-state index contributed by atoms with van der Waals surface area (Å²) in [6, 6.07) is 8.97. The van der Waals surface area contributed by atoms with Gasteiger partial charge < -0.3 is 16.2 Å². The highest BCUT2D eigenvalue weighted by Crippen LogP contribution is 2.25. The second-order valence-electron chi connectivity index (χ2n) is 4.95. The van der Waals surface area contributed by atoms with Crippen molar-refractivity contribution in [1.82, 2.24) is 5.32 Å². The third-order valence-corrected chi connectivity index (χ3v) is 3.36. The van der Waals surface area contributed by atoms with Gasteiger partial charge in [0, 0.05) is 0 Å². The van der Waals surface area contributed by atoms with Gasteiger partial charge >= 0.3 is 0 Å². The molecule has 0 saturated carbocycles. The van der Waals surface area contributed by atoms with Crippen molar-refractivity contribution in [1.29, 1.82) is 0 Å². The Kier molecular flexibility index (Phi) is 4.12. The first-order valence-electron chi connectivity index (χ1n) is 6.54. The molecule has 2 rings (SSSR count). The lowest BCUT2D eigenvalue weighted by molar-refractivity contribution is 0.0937. The lowest BCUT2D eigenvalue weighted by Gasteiger charge is -2.16. The molecule has 4 N–H and O–H groups in total. The second kappa shape index (κ2) is 5.83. The predicted octanol–water partition coefficient (Wildman–Crippen LogP) is 2.91. The Morgan fingerprint density at radius 2 is 2.05 bits per heavy atom. The van der Waals surface area contributed by atoms with Crippen LogP contribution in [0.5, 0.6) is 5.75 Å². The van der Waals surface area contributed by atoms with Gasteiger partial charge in [0.2, 0.25) is 0 Å². The quantitative estimate of drug-likeness (QED) is 0.600. The van der Waals surface area contributed by atoms with E-state index < -0.39 is 11.9 Å². The number of hydrogen-bond acceptors (Lipinski definition) is 3. The van der Waals surface area contributed by atoms with Gasteiger partial charge in [-0.25, -0.2) is 4.39 Å². The SMILES string of the molecule is Cc1ccc(C(C)NC(=O)c2cccc(N)c2O)cc1F. The van der Waals surface area contributed by atoms with E-state index in [0.29, 0.717) is 11.1 Å². The van der Waals surface area contributed by atoms with E-state index in [9.17, 15) is 14.3 Å². The Bertz CT molecular complexity index is 686. The number of halogens is 1. The van der Waals surface area contributed by atoms with E-state index in [1.807, 2.05) is 0 Å². The van der Waals surface area contributed by atoms with Crippen LogP contribution in [0.3, 0.4) is 0 Å². The fourth-order valence-corrected chi connectivity index (χ4v) is 1.98. The average Bonchev–Trinajstić information content (AvgIpc) is 2.44. The number of hydrogen-bond donors (Lipinski definition) is 3. The summed E-state index contributed by atoms with van der Waals surface area (Å²) in [6.07, 6.45) is 0. The zero-order valence-electron chi connectivity index (χ0n) is 11.9. The molecule has 1 atom stereocenters. The number of nitrogen functional groups attached to an aromatic ring is 1. The fourth-order valence-electron chi connectivity index (χ4n) is 1.98.